The van der Waals surface area contributed by atoms with Crippen molar-refractivity contribution < 1.29 is 27.9 Å². The fourth-order valence-electron chi connectivity index (χ4n) is 1.43. The van der Waals surface area contributed by atoms with E-state index in [0.29, 0.717) is 11.3 Å². The van der Waals surface area contributed by atoms with Crippen LogP contribution in [0.2, 0.25) is 0 Å². The number of carbonyl (C=O) groups excluding carboxylic acids is 1. The number of cyclic esters (lactones) is 1. The van der Waals surface area contributed by atoms with Gasteiger partial charge >= 0.3 is 11.9 Å². The van der Waals surface area contributed by atoms with Gasteiger partial charge in [0.25, 0.3) is 10.0 Å². The van der Waals surface area contributed by atoms with Crippen LogP contribution in [0.15, 0.2) is 16.3 Å². The summed E-state index contributed by atoms with van der Waals surface area (Å²) in [5.74, 6) is -1.81. The van der Waals surface area contributed by atoms with E-state index >= 15 is 0 Å². The fraction of sp³-hybridized carbons (Fsp3) is 0.333. The molecule has 1 aromatic rings. The lowest BCUT2D eigenvalue weighted by atomic mass is 10.3. The number of ether oxygens (including phenoxy) is 1. The van der Waals surface area contributed by atoms with Gasteiger partial charge in [-0.3, -0.25) is 4.79 Å². The van der Waals surface area contributed by atoms with Crippen LogP contribution in [0.3, 0.4) is 0 Å². The van der Waals surface area contributed by atoms with Gasteiger partial charge in [0.2, 0.25) is 0 Å². The van der Waals surface area contributed by atoms with E-state index in [1.807, 2.05) is 0 Å². The second kappa shape index (κ2) is 4.67. The Labute approximate surface area is 106 Å². The minimum Gasteiger partial charge on any atom is -0.477 e. The van der Waals surface area contributed by atoms with Gasteiger partial charge in [-0.15, -0.1) is 11.3 Å². The van der Waals surface area contributed by atoms with Crippen molar-refractivity contribution in [1.82, 2.24) is 4.72 Å². The molecule has 2 N–H and O–H groups in total. The lowest BCUT2D eigenvalue weighted by molar-refractivity contribution is -0.139. The fourth-order valence-corrected chi connectivity index (χ4v) is 3.81. The van der Waals surface area contributed by atoms with Crippen molar-refractivity contribution in [2.75, 3.05) is 6.61 Å². The lowest BCUT2D eigenvalue weighted by Crippen LogP contribution is -2.37. The number of nitrogens with one attached hydrogen (secondary N) is 1. The summed E-state index contributed by atoms with van der Waals surface area (Å²) < 4.78 is 30.4. The molecule has 0 spiro atoms. The number of aromatic carboxylic acids is 1. The SMILES string of the molecule is O=C(O)c1ccc(S(=O)(=O)NC2CCOC2=O)s1. The van der Waals surface area contributed by atoms with Gasteiger partial charge in [-0.25, -0.2) is 13.2 Å². The maximum Gasteiger partial charge on any atom is 0.345 e. The monoisotopic (exact) mass is 291 g/mol. The van der Waals surface area contributed by atoms with Crippen LogP contribution in [0, 0.1) is 0 Å². The van der Waals surface area contributed by atoms with Gasteiger partial charge < -0.3 is 9.84 Å². The van der Waals surface area contributed by atoms with Crippen LogP contribution in [0.25, 0.3) is 0 Å². The van der Waals surface area contributed by atoms with Crippen molar-refractivity contribution >= 4 is 33.3 Å². The van der Waals surface area contributed by atoms with E-state index in [1.54, 1.807) is 0 Å². The highest BCUT2D eigenvalue weighted by atomic mass is 32.2. The molecule has 0 aliphatic carbocycles. The maximum absolute atomic E-state index is 11.9. The molecule has 2 heterocycles. The molecule has 18 heavy (non-hydrogen) atoms. The second-order valence-corrected chi connectivity index (χ2v) is 6.58. The number of rotatable bonds is 4. The minimum absolute atomic E-state index is 0.0793. The van der Waals surface area contributed by atoms with Gasteiger partial charge in [0.15, 0.2) is 0 Å². The van der Waals surface area contributed by atoms with E-state index in [0.717, 1.165) is 0 Å². The molecule has 0 amide bonds. The summed E-state index contributed by atoms with van der Waals surface area (Å²) >= 11 is 0.630. The van der Waals surface area contributed by atoms with Crippen LogP contribution in [0.1, 0.15) is 16.1 Å². The normalized spacial score (nSPS) is 19.8. The van der Waals surface area contributed by atoms with Gasteiger partial charge in [-0.05, 0) is 12.1 Å². The maximum atomic E-state index is 11.9. The number of hydrogen-bond acceptors (Lipinski definition) is 6. The quantitative estimate of drug-likeness (QED) is 0.758. The van der Waals surface area contributed by atoms with Gasteiger partial charge in [-0.1, -0.05) is 0 Å². The van der Waals surface area contributed by atoms with Crippen molar-refractivity contribution in [3.63, 3.8) is 0 Å². The molecule has 7 nitrogen and oxygen atoms in total. The summed E-state index contributed by atoms with van der Waals surface area (Å²) in [5, 5.41) is 8.71. The summed E-state index contributed by atoms with van der Waals surface area (Å²) in [6.07, 6.45) is 0.273. The first-order valence-electron chi connectivity index (χ1n) is 4.92. The molecular formula is C9H9NO6S2. The molecule has 1 fully saturated rings. The molecule has 1 aliphatic rings. The molecule has 1 atom stereocenters. The Balaban J connectivity index is 2.19. The molecule has 1 aliphatic heterocycles. The topological polar surface area (TPSA) is 110 Å². The third kappa shape index (κ3) is 2.52. The number of carbonyl (C=O) groups is 2. The van der Waals surface area contributed by atoms with Crippen molar-refractivity contribution in [1.29, 1.82) is 0 Å². The molecule has 0 aromatic carbocycles. The average molecular weight is 291 g/mol. The Kier molecular flexibility index (Phi) is 3.37. The first-order chi connectivity index (χ1) is 8.40. The van der Waals surface area contributed by atoms with Crippen LogP contribution >= 0.6 is 11.3 Å². The summed E-state index contributed by atoms with van der Waals surface area (Å²) in [7, 11) is -3.88. The minimum atomic E-state index is -3.88. The van der Waals surface area contributed by atoms with E-state index in [4.69, 9.17) is 5.11 Å². The third-order valence-electron chi connectivity index (χ3n) is 2.29. The molecule has 98 valence electrons. The highest BCUT2D eigenvalue weighted by Gasteiger charge is 2.32. The zero-order valence-corrected chi connectivity index (χ0v) is 10.6. The number of esters is 1. The Morgan fingerprint density at radius 3 is 2.72 bits per heavy atom. The van der Waals surface area contributed by atoms with Crippen LogP contribution in [0.5, 0.6) is 0 Å². The van der Waals surface area contributed by atoms with E-state index < -0.39 is 28.0 Å². The second-order valence-electron chi connectivity index (χ2n) is 3.55. The van der Waals surface area contributed by atoms with Crippen molar-refractivity contribution in [2.45, 2.75) is 16.7 Å². The number of thiophene rings is 1. The molecule has 9 heteroatoms. The lowest BCUT2D eigenvalue weighted by Gasteiger charge is -2.07. The molecule has 0 radical (unpaired) electrons. The van der Waals surface area contributed by atoms with E-state index in [-0.39, 0.29) is 22.1 Å². The van der Waals surface area contributed by atoms with Crippen LogP contribution in [-0.4, -0.2) is 38.1 Å². The van der Waals surface area contributed by atoms with E-state index in [9.17, 15) is 18.0 Å². The van der Waals surface area contributed by atoms with Crippen molar-refractivity contribution in [3.8, 4) is 0 Å². The van der Waals surface area contributed by atoms with Crippen molar-refractivity contribution in [2.24, 2.45) is 0 Å². The van der Waals surface area contributed by atoms with Crippen LogP contribution < -0.4 is 4.72 Å². The predicted octanol–water partition coefficient (Wildman–Crippen LogP) is 0.0401. The van der Waals surface area contributed by atoms with Gasteiger partial charge in [0, 0.05) is 6.42 Å². The zero-order valence-electron chi connectivity index (χ0n) is 8.95. The molecule has 0 saturated carbocycles. The predicted molar refractivity (Wildman–Crippen MR) is 61.0 cm³/mol. The smallest absolute Gasteiger partial charge is 0.345 e. The highest BCUT2D eigenvalue weighted by molar-refractivity contribution is 7.91. The highest BCUT2D eigenvalue weighted by Crippen LogP contribution is 2.22. The average Bonchev–Trinajstić information content (AvgIpc) is 2.88. The molecule has 1 aromatic heterocycles. The largest absolute Gasteiger partial charge is 0.477 e. The van der Waals surface area contributed by atoms with Crippen LogP contribution in [-0.2, 0) is 19.6 Å². The van der Waals surface area contributed by atoms with E-state index in [2.05, 4.69) is 9.46 Å². The summed E-state index contributed by atoms with van der Waals surface area (Å²) in [6.45, 7) is 0.177. The van der Waals surface area contributed by atoms with Gasteiger partial charge in [0.1, 0.15) is 15.1 Å². The molecule has 1 saturated heterocycles. The standard InChI is InChI=1S/C9H9NO6S2/c11-8(12)6-1-2-7(17-6)18(14,15)10-5-3-4-16-9(5)13/h1-2,5,10H,3-4H2,(H,11,12). The number of carboxylic acid groups (broad SMARTS) is 1. The molecule has 1 unspecified atom stereocenters. The summed E-state index contributed by atoms with van der Waals surface area (Å²) in [6, 6.07) is 1.50. The van der Waals surface area contributed by atoms with Crippen LogP contribution in [0.4, 0.5) is 0 Å². The summed E-state index contributed by atoms with van der Waals surface area (Å²) in [4.78, 5) is 21.7. The zero-order chi connectivity index (χ0) is 13.3. The Morgan fingerprint density at radius 2 is 2.22 bits per heavy atom. The summed E-state index contributed by atoms with van der Waals surface area (Å²) in [5.41, 5.74) is 0. The van der Waals surface area contributed by atoms with E-state index in [1.165, 1.54) is 12.1 Å². The molecule has 2 rings (SSSR count). The van der Waals surface area contributed by atoms with Gasteiger partial charge in [-0.2, -0.15) is 4.72 Å². The number of carboxylic acids is 1. The Bertz CT molecular complexity index is 590. The first-order valence-corrected chi connectivity index (χ1v) is 7.22. The van der Waals surface area contributed by atoms with Gasteiger partial charge in [0.05, 0.1) is 6.61 Å². The number of sulfonamides is 1. The molecule has 0 bridgehead atoms. The number of hydrogen-bond donors (Lipinski definition) is 2. The van der Waals surface area contributed by atoms with Crippen molar-refractivity contribution in [3.05, 3.63) is 17.0 Å². The molecular weight excluding hydrogens is 282 g/mol. The Morgan fingerprint density at radius 1 is 1.50 bits per heavy atom. The first kappa shape index (κ1) is 13.0. The third-order valence-corrected chi connectivity index (χ3v) is 5.33. The Hall–Kier alpha value is -1.45.